The molecule has 3 N–H and O–H groups in total. The first kappa shape index (κ1) is 12.6. The SMILES string of the molecule is CCN1CCCC(Nc2ncnc(N)c2Br)C1. The van der Waals surface area contributed by atoms with E-state index in [1.54, 1.807) is 0 Å². The highest BCUT2D eigenvalue weighted by Gasteiger charge is 2.19. The van der Waals surface area contributed by atoms with E-state index in [-0.39, 0.29) is 0 Å². The molecule has 1 saturated heterocycles. The van der Waals surface area contributed by atoms with E-state index in [0.717, 1.165) is 23.4 Å². The molecule has 1 atom stereocenters. The molecular formula is C11H18BrN5. The Balaban J connectivity index is 2.02. The van der Waals surface area contributed by atoms with Gasteiger partial charge in [0.25, 0.3) is 0 Å². The minimum Gasteiger partial charge on any atom is -0.383 e. The van der Waals surface area contributed by atoms with Crippen molar-refractivity contribution in [3.8, 4) is 0 Å². The van der Waals surface area contributed by atoms with Crippen LogP contribution in [0.15, 0.2) is 10.8 Å². The van der Waals surface area contributed by atoms with Crippen LogP contribution < -0.4 is 11.1 Å². The maximum atomic E-state index is 5.73. The van der Waals surface area contributed by atoms with E-state index in [1.165, 1.54) is 25.7 Å². The maximum absolute atomic E-state index is 5.73. The van der Waals surface area contributed by atoms with E-state index in [4.69, 9.17) is 5.73 Å². The number of nitrogen functional groups attached to an aromatic ring is 1. The third-order valence-electron chi connectivity index (χ3n) is 3.11. The van der Waals surface area contributed by atoms with Crippen LogP contribution in [0.3, 0.4) is 0 Å². The Kier molecular flexibility index (Phi) is 4.17. The van der Waals surface area contributed by atoms with Crippen molar-refractivity contribution in [3.05, 3.63) is 10.8 Å². The first-order valence-corrected chi connectivity index (χ1v) is 6.75. The summed E-state index contributed by atoms with van der Waals surface area (Å²) in [6.07, 6.45) is 3.89. The number of nitrogens with one attached hydrogen (secondary N) is 1. The van der Waals surface area contributed by atoms with Gasteiger partial charge in [-0.1, -0.05) is 6.92 Å². The van der Waals surface area contributed by atoms with Crippen LogP contribution in [0.2, 0.25) is 0 Å². The number of likely N-dealkylation sites (tertiary alicyclic amines) is 1. The Morgan fingerprint density at radius 2 is 2.41 bits per heavy atom. The minimum atomic E-state index is 0.439. The molecule has 0 amide bonds. The number of nitrogens with zero attached hydrogens (tertiary/aromatic N) is 3. The van der Waals surface area contributed by atoms with Crippen molar-refractivity contribution >= 4 is 27.6 Å². The molecule has 94 valence electrons. The van der Waals surface area contributed by atoms with Crippen LogP contribution in [-0.2, 0) is 0 Å². The van der Waals surface area contributed by atoms with E-state index in [2.05, 4.69) is 43.0 Å². The number of anilines is 2. The van der Waals surface area contributed by atoms with Crippen molar-refractivity contribution in [1.29, 1.82) is 0 Å². The molecule has 1 aromatic heterocycles. The monoisotopic (exact) mass is 299 g/mol. The first-order valence-electron chi connectivity index (χ1n) is 5.95. The number of rotatable bonds is 3. The second-order valence-corrected chi connectivity index (χ2v) is 5.09. The van der Waals surface area contributed by atoms with E-state index >= 15 is 0 Å². The number of aromatic nitrogens is 2. The molecule has 0 aromatic carbocycles. The maximum Gasteiger partial charge on any atom is 0.146 e. The zero-order chi connectivity index (χ0) is 12.3. The second kappa shape index (κ2) is 5.64. The summed E-state index contributed by atoms with van der Waals surface area (Å²) in [5.41, 5.74) is 5.73. The standard InChI is InChI=1S/C11H18BrN5/c1-2-17-5-3-4-8(6-17)16-11-9(12)10(13)14-7-15-11/h7-8H,2-6H2,1H3,(H3,13,14,15,16). The normalized spacial score (nSPS) is 21.4. The van der Waals surface area contributed by atoms with Crippen LogP contribution in [-0.4, -0.2) is 40.5 Å². The molecule has 2 rings (SSSR count). The molecule has 0 aliphatic carbocycles. The number of likely N-dealkylation sites (N-methyl/N-ethyl adjacent to an activating group) is 1. The lowest BCUT2D eigenvalue weighted by molar-refractivity contribution is 0.226. The lowest BCUT2D eigenvalue weighted by Crippen LogP contribution is -2.42. The van der Waals surface area contributed by atoms with Crippen LogP contribution in [0.5, 0.6) is 0 Å². The average molecular weight is 300 g/mol. The van der Waals surface area contributed by atoms with Gasteiger partial charge in [0.05, 0.1) is 0 Å². The number of halogens is 1. The molecule has 0 spiro atoms. The van der Waals surface area contributed by atoms with Gasteiger partial charge in [0.1, 0.15) is 22.4 Å². The van der Waals surface area contributed by atoms with Crippen LogP contribution in [0.25, 0.3) is 0 Å². The predicted molar refractivity (Wildman–Crippen MR) is 72.9 cm³/mol. The largest absolute Gasteiger partial charge is 0.383 e. The highest BCUT2D eigenvalue weighted by Crippen LogP contribution is 2.25. The van der Waals surface area contributed by atoms with Crippen molar-refractivity contribution in [3.63, 3.8) is 0 Å². The number of nitrogens with two attached hydrogens (primary N) is 1. The molecule has 1 unspecified atom stereocenters. The van der Waals surface area contributed by atoms with Gasteiger partial charge in [-0.3, -0.25) is 0 Å². The highest BCUT2D eigenvalue weighted by atomic mass is 79.9. The molecule has 17 heavy (non-hydrogen) atoms. The number of hydrogen-bond donors (Lipinski definition) is 2. The highest BCUT2D eigenvalue weighted by molar-refractivity contribution is 9.10. The van der Waals surface area contributed by atoms with Gasteiger partial charge >= 0.3 is 0 Å². The van der Waals surface area contributed by atoms with Gasteiger partial charge in [-0.15, -0.1) is 0 Å². The summed E-state index contributed by atoms with van der Waals surface area (Å²) < 4.78 is 0.758. The molecule has 1 aromatic rings. The van der Waals surface area contributed by atoms with Gasteiger partial charge in [0.15, 0.2) is 0 Å². The lowest BCUT2D eigenvalue weighted by atomic mass is 10.1. The van der Waals surface area contributed by atoms with Gasteiger partial charge in [-0.2, -0.15) is 0 Å². The van der Waals surface area contributed by atoms with Crippen LogP contribution >= 0.6 is 15.9 Å². The quantitative estimate of drug-likeness (QED) is 0.889. The molecule has 0 saturated carbocycles. The van der Waals surface area contributed by atoms with E-state index in [1.807, 2.05) is 0 Å². The Bertz CT molecular complexity index is 384. The minimum absolute atomic E-state index is 0.439. The molecule has 1 fully saturated rings. The zero-order valence-electron chi connectivity index (χ0n) is 9.99. The summed E-state index contributed by atoms with van der Waals surface area (Å²) in [5, 5.41) is 3.43. The Hall–Kier alpha value is -0.880. The van der Waals surface area contributed by atoms with Crippen molar-refractivity contribution < 1.29 is 0 Å². The fourth-order valence-electron chi connectivity index (χ4n) is 2.14. The molecule has 0 bridgehead atoms. The molecule has 2 heterocycles. The van der Waals surface area contributed by atoms with Crippen LogP contribution in [0.4, 0.5) is 11.6 Å². The Morgan fingerprint density at radius 3 is 3.18 bits per heavy atom. The molecule has 5 nitrogen and oxygen atoms in total. The van der Waals surface area contributed by atoms with E-state index < -0.39 is 0 Å². The Labute approximate surface area is 110 Å². The summed E-state index contributed by atoms with van der Waals surface area (Å²) in [4.78, 5) is 10.6. The van der Waals surface area contributed by atoms with Gasteiger partial charge in [-0.05, 0) is 41.9 Å². The van der Waals surface area contributed by atoms with Crippen LogP contribution in [0.1, 0.15) is 19.8 Å². The van der Waals surface area contributed by atoms with Gasteiger partial charge in [-0.25, -0.2) is 9.97 Å². The van der Waals surface area contributed by atoms with Crippen molar-refractivity contribution in [2.75, 3.05) is 30.7 Å². The Morgan fingerprint density at radius 1 is 1.59 bits per heavy atom. The topological polar surface area (TPSA) is 67.1 Å². The first-order chi connectivity index (χ1) is 8.20. The van der Waals surface area contributed by atoms with Crippen molar-refractivity contribution in [2.45, 2.75) is 25.8 Å². The molecule has 0 radical (unpaired) electrons. The molecule has 1 aliphatic heterocycles. The summed E-state index contributed by atoms with van der Waals surface area (Å²) in [5.74, 6) is 1.27. The van der Waals surface area contributed by atoms with Gasteiger partial charge < -0.3 is 16.0 Å². The third kappa shape index (κ3) is 3.07. The fraction of sp³-hybridized carbons (Fsp3) is 0.636. The smallest absolute Gasteiger partial charge is 0.146 e. The summed E-state index contributed by atoms with van der Waals surface area (Å²) in [7, 11) is 0. The summed E-state index contributed by atoms with van der Waals surface area (Å²) in [6, 6.07) is 0.439. The second-order valence-electron chi connectivity index (χ2n) is 4.30. The molecule has 1 aliphatic rings. The van der Waals surface area contributed by atoms with Crippen LogP contribution in [0, 0.1) is 0 Å². The molecule has 6 heteroatoms. The van der Waals surface area contributed by atoms with Crippen molar-refractivity contribution in [2.24, 2.45) is 0 Å². The number of piperidine rings is 1. The summed E-state index contributed by atoms with van der Waals surface area (Å²) >= 11 is 3.41. The van der Waals surface area contributed by atoms with Gasteiger partial charge in [0, 0.05) is 12.6 Å². The number of hydrogen-bond acceptors (Lipinski definition) is 5. The molecular weight excluding hydrogens is 282 g/mol. The lowest BCUT2D eigenvalue weighted by Gasteiger charge is -2.32. The zero-order valence-corrected chi connectivity index (χ0v) is 11.6. The predicted octanol–water partition coefficient (Wildman–Crippen LogP) is 1.72. The van der Waals surface area contributed by atoms with Gasteiger partial charge in [0.2, 0.25) is 0 Å². The average Bonchev–Trinajstić information content (AvgIpc) is 2.35. The third-order valence-corrected chi connectivity index (χ3v) is 3.89. The summed E-state index contributed by atoms with van der Waals surface area (Å²) in [6.45, 7) is 5.56. The van der Waals surface area contributed by atoms with Crippen molar-refractivity contribution in [1.82, 2.24) is 14.9 Å². The van der Waals surface area contributed by atoms with E-state index in [9.17, 15) is 0 Å². The van der Waals surface area contributed by atoms with E-state index in [0.29, 0.717) is 11.9 Å². The fourth-order valence-corrected chi connectivity index (χ4v) is 2.46.